The zero-order chi connectivity index (χ0) is 22.0. The summed E-state index contributed by atoms with van der Waals surface area (Å²) in [4.78, 5) is 38.1. The Bertz CT molecular complexity index is 972. The van der Waals surface area contributed by atoms with E-state index in [1.165, 1.54) is 0 Å². The smallest absolute Gasteiger partial charge is 0.251 e. The Balaban J connectivity index is 1.38. The zero-order valence-electron chi connectivity index (χ0n) is 18.1. The van der Waals surface area contributed by atoms with E-state index in [1.807, 2.05) is 62.4 Å². The quantitative estimate of drug-likeness (QED) is 0.602. The van der Waals surface area contributed by atoms with Crippen molar-refractivity contribution in [2.75, 3.05) is 0 Å². The molecule has 5 nitrogen and oxygen atoms in total. The maximum absolute atomic E-state index is 12.8. The Hall–Kier alpha value is -2.95. The molecule has 0 radical (unpaired) electrons. The molecule has 2 aromatic carbocycles. The van der Waals surface area contributed by atoms with E-state index in [0.717, 1.165) is 24.0 Å². The van der Waals surface area contributed by atoms with Gasteiger partial charge in [0.25, 0.3) is 5.79 Å². The van der Waals surface area contributed by atoms with Gasteiger partial charge in [-0.2, -0.15) is 0 Å². The highest BCUT2D eigenvalue weighted by molar-refractivity contribution is 6.21. The van der Waals surface area contributed by atoms with Gasteiger partial charge in [-0.15, -0.1) is 0 Å². The summed E-state index contributed by atoms with van der Waals surface area (Å²) in [6, 6.07) is 15.2. The van der Waals surface area contributed by atoms with Gasteiger partial charge >= 0.3 is 0 Å². The second-order valence-corrected chi connectivity index (χ2v) is 8.45. The summed E-state index contributed by atoms with van der Waals surface area (Å²) in [5.74, 6) is -1.25. The molecule has 4 rings (SSSR count). The van der Waals surface area contributed by atoms with Crippen molar-refractivity contribution >= 4 is 17.3 Å². The topological polar surface area (TPSA) is 69.7 Å². The summed E-state index contributed by atoms with van der Waals surface area (Å²) in [6.07, 6.45) is 2.58. The Kier molecular flexibility index (Phi) is 5.94. The Morgan fingerprint density at radius 3 is 2.23 bits per heavy atom. The predicted octanol–water partition coefficient (Wildman–Crippen LogP) is 4.81. The minimum atomic E-state index is -1.11. The highest BCUT2D eigenvalue weighted by Crippen LogP contribution is 2.43. The fraction of sp³-hybridized carbons (Fsp3) is 0.423. The lowest BCUT2D eigenvalue weighted by Gasteiger charge is -2.26. The van der Waals surface area contributed by atoms with Crippen LogP contribution in [0.3, 0.4) is 0 Å². The second-order valence-electron chi connectivity index (χ2n) is 8.45. The van der Waals surface area contributed by atoms with E-state index in [0.29, 0.717) is 17.9 Å². The molecule has 0 aromatic heterocycles. The number of aryl methyl sites for hydroxylation is 1. The molecular formula is C26H28O5. The van der Waals surface area contributed by atoms with Crippen molar-refractivity contribution in [3.05, 3.63) is 59.7 Å². The third-order valence-corrected chi connectivity index (χ3v) is 6.47. The van der Waals surface area contributed by atoms with Crippen LogP contribution in [0.25, 0.3) is 0 Å². The van der Waals surface area contributed by atoms with Crippen molar-refractivity contribution in [2.24, 2.45) is 5.92 Å². The van der Waals surface area contributed by atoms with Gasteiger partial charge in [0.1, 0.15) is 5.92 Å². The first-order chi connectivity index (χ1) is 14.9. The lowest BCUT2D eigenvalue weighted by molar-refractivity contribution is -0.142. The Labute approximate surface area is 182 Å². The van der Waals surface area contributed by atoms with Crippen molar-refractivity contribution in [2.45, 2.75) is 64.1 Å². The van der Waals surface area contributed by atoms with Crippen LogP contribution in [0.2, 0.25) is 0 Å². The van der Waals surface area contributed by atoms with Gasteiger partial charge in [0.05, 0.1) is 0 Å². The van der Waals surface area contributed by atoms with Crippen LogP contribution < -0.4 is 9.47 Å². The molecule has 1 fully saturated rings. The molecule has 5 heteroatoms. The van der Waals surface area contributed by atoms with Crippen LogP contribution in [0.1, 0.15) is 63.0 Å². The normalized spacial score (nSPS) is 21.9. The molecule has 0 bridgehead atoms. The highest BCUT2D eigenvalue weighted by Gasteiger charge is 2.40. The van der Waals surface area contributed by atoms with Crippen molar-refractivity contribution in [3.63, 3.8) is 0 Å². The van der Waals surface area contributed by atoms with E-state index >= 15 is 0 Å². The third kappa shape index (κ3) is 4.27. The zero-order valence-corrected chi connectivity index (χ0v) is 18.1. The van der Waals surface area contributed by atoms with Crippen molar-refractivity contribution in [3.8, 4) is 11.5 Å². The summed E-state index contributed by atoms with van der Waals surface area (Å²) >= 11 is 0. The van der Waals surface area contributed by atoms with Gasteiger partial charge < -0.3 is 9.47 Å². The van der Waals surface area contributed by atoms with Crippen LogP contribution in [-0.2, 0) is 20.8 Å². The lowest BCUT2D eigenvalue weighted by Crippen LogP contribution is -2.38. The van der Waals surface area contributed by atoms with Crippen molar-refractivity contribution < 1.29 is 23.9 Å². The van der Waals surface area contributed by atoms with Gasteiger partial charge in [0.15, 0.2) is 28.8 Å². The van der Waals surface area contributed by atoms with Crippen molar-refractivity contribution in [1.82, 2.24) is 0 Å². The molecule has 0 N–H and O–H groups in total. The molecule has 0 unspecified atom stereocenters. The number of Topliss-reactive ketones (excluding diaryl/α,β-unsaturated/α-hetero) is 3. The molecule has 1 saturated carbocycles. The SMILES string of the molecule is CCC1(CC)Oc2ccc(CCC(=O)C3C(=O)CC(c4ccccc4)CC3=O)cc2O1. The molecule has 2 aliphatic rings. The molecule has 1 heterocycles. The first-order valence-electron chi connectivity index (χ1n) is 11.1. The average Bonchev–Trinajstić information content (AvgIpc) is 3.16. The average molecular weight is 421 g/mol. The van der Waals surface area contributed by atoms with Gasteiger partial charge in [0, 0.05) is 32.1 Å². The second kappa shape index (κ2) is 8.66. The van der Waals surface area contributed by atoms with E-state index in [4.69, 9.17) is 9.47 Å². The predicted molar refractivity (Wildman–Crippen MR) is 116 cm³/mol. The molecular weight excluding hydrogens is 392 g/mol. The maximum Gasteiger partial charge on any atom is 0.251 e. The standard InChI is InChI=1S/C26H28O5/c1-3-26(4-2)30-23-13-11-17(14-24(23)31-26)10-12-20(27)25-21(28)15-19(16-22(25)29)18-8-6-5-7-9-18/h5-9,11,13-14,19,25H,3-4,10,12,15-16H2,1-2H3. The van der Waals surface area contributed by atoms with Crippen LogP contribution in [-0.4, -0.2) is 23.1 Å². The van der Waals surface area contributed by atoms with Gasteiger partial charge in [-0.1, -0.05) is 50.2 Å². The van der Waals surface area contributed by atoms with Crippen LogP contribution in [0.15, 0.2) is 48.5 Å². The molecule has 0 amide bonds. The monoisotopic (exact) mass is 420 g/mol. The van der Waals surface area contributed by atoms with Gasteiger partial charge in [-0.05, 0) is 35.6 Å². The van der Waals surface area contributed by atoms with Crippen molar-refractivity contribution in [1.29, 1.82) is 0 Å². The van der Waals surface area contributed by atoms with E-state index in [1.54, 1.807) is 0 Å². The number of carbonyl (C=O) groups is 3. The van der Waals surface area contributed by atoms with Crippen LogP contribution >= 0.6 is 0 Å². The fourth-order valence-electron chi connectivity index (χ4n) is 4.54. The fourth-order valence-corrected chi connectivity index (χ4v) is 4.54. The molecule has 31 heavy (non-hydrogen) atoms. The summed E-state index contributed by atoms with van der Waals surface area (Å²) in [7, 11) is 0. The summed E-state index contributed by atoms with van der Waals surface area (Å²) < 4.78 is 12.0. The highest BCUT2D eigenvalue weighted by atomic mass is 16.7. The maximum atomic E-state index is 12.8. The number of benzene rings is 2. The molecule has 1 aliphatic heterocycles. The van der Waals surface area contributed by atoms with Gasteiger partial charge in [0.2, 0.25) is 0 Å². The molecule has 1 aliphatic carbocycles. The molecule has 0 atom stereocenters. The minimum Gasteiger partial charge on any atom is -0.448 e. The number of ether oxygens (including phenoxy) is 2. The number of fused-ring (bicyclic) bond motifs is 1. The Morgan fingerprint density at radius 2 is 1.58 bits per heavy atom. The Morgan fingerprint density at radius 1 is 0.935 bits per heavy atom. The number of ketones is 3. The first-order valence-corrected chi connectivity index (χ1v) is 11.1. The van der Waals surface area contributed by atoms with E-state index in [2.05, 4.69) is 0 Å². The van der Waals surface area contributed by atoms with E-state index in [9.17, 15) is 14.4 Å². The number of hydrogen-bond donors (Lipinski definition) is 0. The largest absolute Gasteiger partial charge is 0.448 e. The van der Waals surface area contributed by atoms with Crippen LogP contribution in [0, 0.1) is 5.92 Å². The van der Waals surface area contributed by atoms with Gasteiger partial charge in [-0.25, -0.2) is 0 Å². The molecule has 2 aromatic rings. The summed E-state index contributed by atoms with van der Waals surface area (Å²) in [6.45, 7) is 4.05. The lowest BCUT2D eigenvalue weighted by atomic mass is 9.74. The van der Waals surface area contributed by atoms with Crippen LogP contribution in [0.5, 0.6) is 11.5 Å². The number of carbonyl (C=O) groups excluding carboxylic acids is 3. The van der Waals surface area contributed by atoms with E-state index < -0.39 is 11.7 Å². The summed E-state index contributed by atoms with van der Waals surface area (Å²) in [5, 5.41) is 0. The summed E-state index contributed by atoms with van der Waals surface area (Å²) in [5.41, 5.74) is 1.90. The van der Waals surface area contributed by atoms with Crippen LogP contribution in [0.4, 0.5) is 0 Å². The number of rotatable bonds is 7. The first kappa shape index (κ1) is 21.3. The number of hydrogen-bond acceptors (Lipinski definition) is 5. The molecule has 0 spiro atoms. The third-order valence-electron chi connectivity index (χ3n) is 6.47. The molecule has 162 valence electrons. The van der Waals surface area contributed by atoms with Gasteiger partial charge in [-0.3, -0.25) is 14.4 Å². The minimum absolute atomic E-state index is 0.128. The van der Waals surface area contributed by atoms with E-state index in [-0.39, 0.29) is 42.5 Å². The molecule has 0 saturated heterocycles.